The van der Waals surface area contributed by atoms with E-state index in [-0.39, 0.29) is 6.04 Å². The molecule has 0 aliphatic carbocycles. The van der Waals surface area contributed by atoms with Crippen molar-refractivity contribution in [2.45, 2.75) is 26.1 Å². The number of alkyl halides is 3. The molecule has 0 saturated carbocycles. The molecule has 0 saturated heterocycles. The molecular formula is C14H14F3NO. The summed E-state index contributed by atoms with van der Waals surface area (Å²) in [6, 6.07) is 8.53. The Balaban J connectivity index is 2.07. The van der Waals surface area contributed by atoms with E-state index in [0.29, 0.717) is 5.69 Å². The molecule has 0 aliphatic heterocycles. The first-order valence-electron chi connectivity index (χ1n) is 5.86. The zero-order valence-electron chi connectivity index (χ0n) is 10.6. The molecule has 1 atom stereocenters. The van der Waals surface area contributed by atoms with Crippen molar-refractivity contribution in [1.29, 1.82) is 0 Å². The summed E-state index contributed by atoms with van der Waals surface area (Å²) < 4.78 is 42.7. The highest BCUT2D eigenvalue weighted by Crippen LogP contribution is 2.30. The summed E-state index contributed by atoms with van der Waals surface area (Å²) in [5.74, 6) is 1.55. The van der Waals surface area contributed by atoms with Gasteiger partial charge in [-0.15, -0.1) is 0 Å². The summed E-state index contributed by atoms with van der Waals surface area (Å²) in [5.41, 5.74) is -0.0332. The van der Waals surface area contributed by atoms with Crippen molar-refractivity contribution in [3.05, 3.63) is 53.5 Å². The summed E-state index contributed by atoms with van der Waals surface area (Å²) in [4.78, 5) is 0. The molecular weight excluding hydrogens is 255 g/mol. The first-order chi connectivity index (χ1) is 8.86. The highest BCUT2D eigenvalue weighted by molar-refractivity contribution is 5.46. The predicted octanol–water partition coefficient (Wildman–Crippen LogP) is 4.78. The van der Waals surface area contributed by atoms with Crippen molar-refractivity contribution < 1.29 is 17.6 Å². The maximum absolute atomic E-state index is 12.4. The number of anilines is 1. The molecule has 0 spiro atoms. The lowest BCUT2D eigenvalue weighted by atomic mass is 10.2. The van der Waals surface area contributed by atoms with Gasteiger partial charge in [-0.25, -0.2) is 0 Å². The van der Waals surface area contributed by atoms with Gasteiger partial charge in [-0.2, -0.15) is 13.2 Å². The lowest BCUT2D eigenvalue weighted by Crippen LogP contribution is -2.07. The topological polar surface area (TPSA) is 25.2 Å². The molecule has 102 valence electrons. The van der Waals surface area contributed by atoms with Crippen LogP contribution in [0.3, 0.4) is 0 Å². The summed E-state index contributed by atoms with van der Waals surface area (Å²) >= 11 is 0. The van der Waals surface area contributed by atoms with Gasteiger partial charge < -0.3 is 9.73 Å². The van der Waals surface area contributed by atoms with E-state index in [1.165, 1.54) is 12.1 Å². The number of furan rings is 1. The Morgan fingerprint density at radius 1 is 1.05 bits per heavy atom. The Bertz CT molecular complexity index is 543. The Hall–Kier alpha value is -1.91. The van der Waals surface area contributed by atoms with Crippen LogP contribution < -0.4 is 5.32 Å². The average molecular weight is 269 g/mol. The van der Waals surface area contributed by atoms with Crippen LogP contribution >= 0.6 is 0 Å². The highest BCUT2D eigenvalue weighted by atomic mass is 19.4. The zero-order valence-corrected chi connectivity index (χ0v) is 10.6. The van der Waals surface area contributed by atoms with Crippen LogP contribution in [-0.4, -0.2) is 0 Å². The number of benzene rings is 1. The molecule has 5 heteroatoms. The quantitative estimate of drug-likeness (QED) is 0.867. The minimum atomic E-state index is -4.30. The van der Waals surface area contributed by atoms with Gasteiger partial charge >= 0.3 is 6.18 Å². The second-order valence-electron chi connectivity index (χ2n) is 4.39. The summed E-state index contributed by atoms with van der Waals surface area (Å²) in [5, 5.41) is 3.09. The zero-order chi connectivity index (χ0) is 14.0. The van der Waals surface area contributed by atoms with Gasteiger partial charge in [-0.3, -0.25) is 0 Å². The third-order valence-electron chi connectivity index (χ3n) is 2.78. The molecule has 19 heavy (non-hydrogen) atoms. The van der Waals surface area contributed by atoms with Crippen LogP contribution in [0.1, 0.15) is 30.0 Å². The normalized spacial score (nSPS) is 13.3. The van der Waals surface area contributed by atoms with E-state index in [4.69, 9.17) is 4.42 Å². The minimum absolute atomic E-state index is 0.106. The van der Waals surface area contributed by atoms with E-state index in [2.05, 4.69) is 5.32 Å². The second kappa shape index (κ2) is 4.99. The minimum Gasteiger partial charge on any atom is -0.464 e. The highest BCUT2D eigenvalue weighted by Gasteiger charge is 2.29. The molecule has 0 aliphatic rings. The smallest absolute Gasteiger partial charge is 0.416 e. The fourth-order valence-electron chi connectivity index (χ4n) is 1.76. The lowest BCUT2D eigenvalue weighted by Gasteiger charge is -2.14. The summed E-state index contributed by atoms with van der Waals surface area (Å²) in [6.07, 6.45) is -4.30. The van der Waals surface area contributed by atoms with Crippen LogP contribution in [0.5, 0.6) is 0 Å². The van der Waals surface area contributed by atoms with Gasteiger partial charge in [0.25, 0.3) is 0 Å². The second-order valence-corrected chi connectivity index (χ2v) is 4.39. The monoisotopic (exact) mass is 269 g/mol. The molecule has 0 amide bonds. The predicted molar refractivity (Wildman–Crippen MR) is 66.9 cm³/mol. The summed E-state index contributed by atoms with van der Waals surface area (Å²) in [7, 11) is 0. The van der Waals surface area contributed by atoms with Gasteiger partial charge in [0.05, 0.1) is 11.6 Å². The van der Waals surface area contributed by atoms with Crippen LogP contribution in [0.15, 0.2) is 40.8 Å². The average Bonchev–Trinajstić information content (AvgIpc) is 2.75. The van der Waals surface area contributed by atoms with Crippen LogP contribution in [0, 0.1) is 6.92 Å². The number of nitrogens with one attached hydrogen (secondary N) is 1. The summed E-state index contributed by atoms with van der Waals surface area (Å²) in [6.45, 7) is 3.73. The molecule has 1 heterocycles. The van der Waals surface area contributed by atoms with Crippen LogP contribution in [0.25, 0.3) is 0 Å². The Morgan fingerprint density at radius 3 is 2.16 bits per heavy atom. The number of aryl methyl sites for hydroxylation is 1. The molecule has 0 bridgehead atoms. The van der Waals surface area contributed by atoms with Gasteiger partial charge in [-0.05, 0) is 50.2 Å². The molecule has 1 aromatic heterocycles. The first-order valence-corrected chi connectivity index (χ1v) is 5.86. The number of rotatable bonds is 3. The Kier molecular flexibility index (Phi) is 3.55. The van der Waals surface area contributed by atoms with E-state index in [9.17, 15) is 13.2 Å². The first kappa shape index (κ1) is 13.5. The number of hydrogen-bond acceptors (Lipinski definition) is 2. The number of halogens is 3. The van der Waals surface area contributed by atoms with Crippen molar-refractivity contribution in [3.63, 3.8) is 0 Å². The Morgan fingerprint density at radius 2 is 1.68 bits per heavy atom. The maximum Gasteiger partial charge on any atom is 0.416 e. The molecule has 0 fully saturated rings. The van der Waals surface area contributed by atoms with Crippen LogP contribution in [0.2, 0.25) is 0 Å². The van der Waals surface area contributed by atoms with Crippen molar-refractivity contribution in [1.82, 2.24) is 0 Å². The SMILES string of the molecule is Cc1ccc(C(C)Nc2ccc(C(F)(F)F)cc2)o1. The number of hydrogen-bond donors (Lipinski definition) is 1. The van der Waals surface area contributed by atoms with E-state index < -0.39 is 11.7 Å². The fraction of sp³-hybridized carbons (Fsp3) is 0.286. The lowest BCUT2D eigenvalue weighted by molar-refractivity contribution is -0.137. The van der Waals surface area contributed by atoms with Gasteiger partial charge in [0.2, 0.25) is 0 Å². The Labute approximate surface area is 109 Å². The van der Waals surface area contributed by atoms with Crippen molar-refractivity contribution >= 4 is 5.69 Å². The van der Waals surface area contributed by atoms with Crippen molar-refractivity contribution in [2.24, 2.45) is 0 Å². The van der Waals surface area contributed by atoms with Gasteiger partial charge in [0.1, 0.15) is 11.5 Å². The van der Waals surface area contributed by atoms with Crippen molar-refractivity contribution in [2.75, 3.05) is 5.32 Å². The van der Waals surface area contributed by atoms with E-state index >= 15 is 0 Å². The largest absolute Gasteiger partial charge is 0.464 e. The molecule has 2 rings (SSSR count). The van der Waals surface area contributed by atoms with Gasteiger partial charge in [0.15, 0.2) is 0 Å². The molecule has 2 aromatic rings. The van der Waals surface area contributed by atoms with Gasteiger partial charge in [-0.1, -0.05) is 0 Å². The molecule has 1 aromatic carbocycles. The maximum atomic E-state index is 12.4. The standard InChI is InChI=1S/C14H14F3NO/c1-9-3-8-13(19-9)10(2)18-12-6-4-11(5-7-12)14(15,16)17/h3-8,10,18H,1-2H3. The molecule has 2 nitrogen and oxygen atoms in total. The van der Waals surface area contributed by atoms with E-state index in [1.54, 1.807) is 0 Å². The third kappa shape index (κ3) is 3.30. The van der Waals surface area contributed by atoms with E-state index in [0.717, 1.165) is 23.7 Å². The van der Waals surface area contributed by atoms with Crippen LogP contribution in [0.4, 0.5) is 18.9 Å². The fourth-order valence-corrected chi connectivity index (χ4v) is 1.76. The molecule has 1 unspecified atom stereocenters. The molecule has 0 radical (unpaired) electrons. The van der Waals surface area contributed by atoms with Crippen LogP contribution in [-0.2, 0) is 6.18 Å². The van der Waals surface area contributed by atoms with Gasteiger partial charge in [0, 0.05) is 5.69 Å². The van der Waals surface area contributed by atoms with Crippen molar-refractivity contribution in [3.8, 4) is 0 Å². The van der Waals surface area contributed by atoms with E-state index in [1.807, 2.05) is 26.0 Å². The molecule has 1 N–H and O–H groups in total. The third-order valence-corrected chi connectivity index (χ3v) is 2.78.